The van der Waals surface area contributed by atoms with Crippen molar-refractivity contribution < 1.29 is 26.8 Å². The van der Waals surface area contributed by atoms with Crippen LogP contribution in [-0.2, 0) is 19.6 Å². The first-order chi connectivity index (χ1) is 18.4. The SMILES string of the molecule is C[C@H](c1ncc(-c2ccc(F)cc2F)[nH]1)C(CC(=O)N1CCCC[C@@H]1C)(NS(=O)(=O)c1ccccc1)C(N)=O. The van der Waals surface area contributed by atoms with E-state index in [1.807, 2.05) is 6.92 Å². The first kappa shape index (κ1) is 28.4. The van der Waals surface area contributed by atoms with Gasteiger partial charge in [-0.2, -0.15) is 4.72 Å². The van der Waals surface area contributed by atoms with E-state index in [9.17, 15) is 26.8 Å². The van der Waals surface area contributed by atoms with E-state index in [0.717, 1.165) is 31.4 Å². The van der Waals surface area contributed by atoms with Gasteiger partial charge < -0.3 is 15.6 Å². The molecule has 3 aromatic rings. The molecule has 208 valence electrons. The van der Waals surface area contributed by atoms with E-state index in [1.54, 1.807) is 11.0 Å². The van der Waals surface area contributed by atoms with Gasteiger partial charge in [0.15, 0.2) is 0 Å². The van der Waals surface area contributed by atoms with Gasteiger partial charge >= 0.3 is 0 Å². The van der Waals surface area contributed by atoms with E-state index in [1.165, 1.54) is 43.5 Å². The second-order valence-electron chi connectivity index (χ2n) is 9.89. The maximum Gasteiger partial charge on any atom is 0.241 e. The fraction of sp³-hybridized carbons (Fsp3) is 0.370. The third kappa shape index (κ3) is 5.86. The standard InChI is InChI=1S/C27H31F2N5O4S/c1-17-8-6-7-13-34(17)24(35)15-27(26(30)36,33-39(37,38)20-9-4-3-5-10-20)18(2)25-31-16-23(32-25)21-12-11-19(28)14-22(21)29/h3-5,9-12,14,16-18,33H,6-8,13,15H2,1-2H3,(H2,30,36)(H,31,32)/t17-,18+,27?/m0/s1. The van der Waals surface area contributed by atoms with Crippen LogP contribution in [-0.4, -0.2) is 53.2 Å². The van der Waals surface area contributed by atoms with Gasteiger partial charge in [-0.15, -0.1) is 0 Å². The van der Waals surface area contributed by atoms with E-state index in [0.29, 0.717) is 6.54 Å². The van der Waals surface area contributed by atoms with Crippen LogP contribution in [0.25, 0.3) is 11.3 Å². The van der Waals surface area contributed by atoms with Crippen molar-refractivity contribution in [1.29, 1.82) is 0 Å². The summed E-state index contributed by atoms with van der Waals surface area (Å²) < 4.78 is 57.2. The first-order valence-corrected chi connectivity index (χ1v) is 14.1. The van der Waals surface area contributed by atoms with E-state index >= 15 is 0 Å². The molecule has 1 aliphatic heterocycles. The fourth-order valence-corrected chi connectivity index (χ4v) is 6.43. The molecule has 1 unspecified atom stereocenters. The molecule has 2 heterocycles. The molecule has 1 fully saturated rings. The number of likely N-dealkylation sites (tertiary alicyclic amines) is 1. The number of nitrogens with two attached hydrogens (primary N) is 1. The summed E-state index contributed by atoms with van der Waals surface area (Å²) >= 11 is 0. The number of nitrogens with zero attached hydrogens (tertiary/aromatic N) is 2. The largest absolute Gasteiger partial charge is 0.368 e. The Morgan fingerprint density at radius 1 is 1.21 bits per heavy atom. The Bertz CT molecular complexity index is 1460. The zero-order valence-electron chi connectivity index (χ0n) is 21.7. The van der Waals surface area contributed by atoms with E-state index in [4.69, 9.17) is 5.73 Å². The number of carbonyl (C=O) groups is 2. The Balaban J connectivity index is 1.77. The first-order valence-electron chi connectivity index (χ1n) is 12.6. The lowest BCUT2D eigenvalue weighted by Gasteiger charge is -2.39. The lowest BCUT2D eigenvalue weighted by Crippen LogP contribution is -2.63. The van der Waals surface area contributed by atoms with Gasteiger partial charge in [0.05, 0.1) is 23.2 Å². The highest BCUT2D eigenvalue weighted by Gasteiger charge is 2.50. The quantitative estimate of drug-likeness (QED) is 0.369. The summed E-state index contributed by atoms with van der Waals surface area (Å²) in [4.78, 5) is 35.4. The van der Waals surface area contributed by atoms with Gasteiger partial charge in [-0.3, -0.25) is 9.59 Å². The summed E-state index contributed by atoms with van der Waals surface area (Å²) in [5, 5.41) is 0. The van der Waals surface area contributed by atoms with Crippen molar-refractivity contribution in [2.24, 2.45) is 5.73 Å². The smallest absolute Gasteiger partial charge is 0.241 e. The predicted molar refractivity (Wildman–Crippen MR) is 141 cm³/mol. The average Bonchev–Trinajstić information content (AvgIpc) is 3.38. The zero-order chi connectivity index (χ0) is 28.4. The molecule has 1 aromatic heterocycles. The summed E-state index contributed by atoms with van der Waals surface area (Å²) in [6.45, 7) is 3.88. The minimum Gasteiger partial charge on any atom is -0.368 e. The van der Waals surface area contributed by atoms with Crippen molar-refractivity contribution >= 4 is 21.8 Å². The molecule has 0 bridgehead atoms. The second-order valence-corrected chi connectivity index (χ2v) is 11.6. The van der Waals surface area contributed by atoms with Crippen molar-refractivity contribution in [2.75, 3.05) is 6.54 Å². The number of aromatic amines is 1. The molecule has 12 heteroatoms. The molecule has 2 amide bonds. The van der Waals surface area contributed by atoms with Crippen molar-refractivity contribution in [1.82, 2.24) is 19.6 Å². The minimum atomic E-state index is -4.33. The molecule has 1 saturated heterocycles. The molecule has 3 atom stereocenters. The summed E-state index contributed by atoms with van der Waals surface area (Å²) in [5.41, 5.74) is 3.96. The van der Waals surface area contributed by atoms with Crippen molar-refractivity contribution in [3.8, 4) is 11.3 Å². The summed E-state index contributed by atoms with van der Waals surface area (Å²) in [6.07, 6.45) is 3.26. The van der Waals surface area contributed by atoms with Crippen LogP contribution in [0.15, 0.2) is 59.6 Å². The predicted octanol–water partition coefficient (Wildman–Crippen LogP) is 3.45. The Kier molecular flexibility index (Phi) is 8.17. The van der Waals surface area contributed by atoms with Gasteiger partial charge in [-0.1, -0.05) is 25.1 Å². The van der Waals surface area contributed by atoms with Crippen molar-refractivity contribution in [3.05, 3.63) is 72.2 Å². The molecule has 2 aromatic carbocycles. The second kappa shape index (κ2) is 11.2. The highest BCUT2D eigenvalue weighted by molar-refractivity contribution is 7.89. The van der Waals surface area contributed by atoms with E-state index in [2.05, 4.69) is 14.7 Å². The Hall–Kier alpha value is -3.64. The fourth-order valence-electron chi connectivity index (χ4n) is 4.97. The molecular weight excluding hydrogens is 528 g/mol. The van der Waals surface area contributed by atoms with Gasteiger partial charge in [0.2, 0.25) is 21.8 Å². The Morgan fingerprint density at radius 2 is 1.92 bits per heavy atom. The number of nitrogens with one attached hydrogen (secondary N) is 2. The van der Waals surface area contributed by atoms with Gasteiger partial charge in [0.1, 0.15) is 23.0 Å². The van der Waals surface area contributed by atoms with Crippen LogP contribution in [0.3, 0.4) is 0 Å². The van der Waals surface area contributed by atoms with Crippen molar-refractivity contribution in [2.45, 2.75) is 61.9 Å². The van der Waals surface area contributed by atoms with Crippen molar-refractivity contribution in [3.63, 3.8) is 0 Å². The monoisotopic (exact) mass is 559 g/mol. The number of rotatable bonds is 9. The normalized spacial score (nSPS) is 18.4. The third-order valence-electron chi connectivity index (χ3n) is 7.33. The number of aromatic nitrogens is 2. The molecule has 9 nitrogen and oxygen atoms in total. The number of piperidine rings is 1. The van der Waals surface area contributed by atoms with Crippen LogP contribution in [0.5, 0.6) is 0 Å². The number of imidazole rings is 1. The van der Waals surface area contributed by atoms with Gasteiger partial charge in [0.25, 0.3) is 0 Å². The summed E-state index contributed by atoms with van der Waals surface area (Å²) in [7, 11) is -4.33. The van der Waals surface area contributed by atoms with Crippen LogP contribution < -0.4 is 10.5 Å². The molecule has 0 saturated carbocycles. The van der Waals surface area contributed by atoms with Gasteiger partial charge in [-0.05, 0) is 50.5 Å². The zero-order valence-corrected chi connectivity index (χ0v) is 22.5. The average molecular weight is 560 g/mol. The number of amides is 2. The number of sulfonamides is 1. The lowest BCUT2D eigenvalue weighted by molar-refractivity contribution is -0.139. The topological polar surface area (TPSA) is 138 Å². The Morgan fingerprint density at radius 3 is 2.56 bits per heavy atom. The number of benzene rings is 2. The van der Waals surface area contributed by atoms with Crippen LogP contribution in [0.4, 0.5) is 8.78 Å². The molecule has 0 spiro atoms. The summed E-state index contributed by atoms with van der Waals surface area (Å²) in [5.74, 6) is -4.09. The van der Waals surface area contributed by atoms with E-state index < -0.39 is 51.3 Å². The molecule has 1 aliphatic rings. The van der Waals surface area contributed by atoms with Crippen LogP contribution >= 0.6 is 0 Å². The number of carbonyl (C=O) groups excluding carboxylic acids is 2. The molecular formula is C27H31F2N5O4S. The van der Waals surface area contributed by atoms with Gasteiger partial charge in [-0.25, -0.2) is 22.2 Å². The molecule has 0 radical (unpaired) electrons. The molecule has 39 heavy (non-hydrogen) atoms. The molecule has 0 aliphatic carbocycles. The third-order valence-corrected chi connectivity index (χ3v) is 8.85. The van der Waals surface area contributed by atoms with Gasteiger partial charge in [0, 0.05) is 30.1 Å². The minimum absolute atomic E-state index is 0.0232. The number of hydrogen-bond acceptors (Lipinski definition) is 5. The maximum absolute atomic E-state index is 14.4. The number of halogens is 2. The van der Waals surface area contributed by atoms with E-state index in [-0.39, 0.29) is 28.0 Å². The lowest BCUT2D eigenvalue weighted by atomic mass is 9.81. The number of H-pyrrole nitrogens is 1. The molecule has 4 rings (SSSR count). The van der Waals surface area contributed by atoms with Crippen LogP contribution in [0.1, 0.15) is 51.3 Å². The summed E-state index contributed by atoms with van der Waals surface area (Å²) in [6, 6.07) is 10.4. The molecule has 4 N–H and O–H groups in total. The highest BCUT2D eigenvalue weighted by Crippen LogP contribution is 2.34. The number of hydrogen-bond donors (Lipinski definition) is 3. The van der Waals surface area contributed by atoms with Crippen LogP contribution in [0, 0.1) is 11.6 Å². The Labute approximate surface area is 225 Å². The highest BCUT2D eigenvalue weighted by atomic mass is 32.2. The van der Waals surface area contributed by atoms with Crippen LogP contribution in [0.2, 0.25) is 0 Å². The number of primary amides is 1. The maximum atomic E-state index is 14.4.